The molecule has 11 nitrogen and oxygen atoms in total. The summed E-state index contributed by atoms with van der Waals surface area (Å²) in [6.45, 7) is -0.439. The van der Waals surface area contributed by atoms with E-state index in [0.29, 0.717) is 11.3 Å². The second-order valence-corrected chi connectivity index (χ2v) is 8.88. The molecule has 0 fully saturated rings. The van der Waals surface area contributed by atoms with Crippen molar-refractivity contribution in [3.8, 4) is 0 Å². The number of hydrogen-bond acceptors (Lipinski definition) is 6. The van der Waals surface area contributed by atoms with Crippen LogP contribution in [0.1, 0.15) is 28.4 Å². The Morgan fingerprint density at radius 2 is 1.81 bits per heavy atom. The van der Waals surface area contributed by atoms with Gasteiger partial charge in [-0.25, -0.2) is 8.42 Å². The fourth-order valence-corrected chi connectivity index (χ4v) is 3.47. The first-order chi connectivity index (χ1) is 15.0. The van der Waals surface area contributed by atoms with Crippen molar-refractivity contribution in [1.82, 2.24) is 10.6 Å². The molecular formula is C20H23N5O6S. The van der Waals surface area contributed by atoms with Crippen molar-refractivity contribution in [3.63, 3.8) is 0 Å². The van der Waals surface area contributed by atoms with Gasteiger partial charge in [-0.1, -0.05) is 18.2 Å². The van der Waals surface area contributed by atoms with E-state index in [1.54, 1.807) is 12.1 Å². The summed E-state index contributed by atoms with van der Waals surface area (Å²) in [6.07, 6.45) is 0.541. The maximum atomic E-state index is 12.3. The third kappa shape index (κ3) is 7.40. The fraction of sp³-hybridized carbons (Fsp3) is 0.200. The average Bonchev–Trinajstić information content (AvgIpc) is 2.70. The highest BCUT2D eigenvalue weighted by molar-refractivity contribution is 7.90. The van der Waals surface area contributed by atoms with Gasteiger partial charge < -0.3 is 26.8 Å². The zero-order valence-electron chi connectivity index (χ0n) is 17.1. The van der Waals surface area contributed by atoms with Gasteiger partial charge in [0.25, 0.3) is 5.91 Å². The Bertz CT molecular complexity index is 1150. The highest BCUT2D eigenvalue weighted by Gasteiger charge is 2.20. The lowest BCUT2D eigenvalue weighted by atomic mass is 10.0. The average molecular weight is 462 g/mol. The van der Waals surface area contributed by atoms with Gasteiger partial charge in [0, 0.05) is 17.5 Å². The summed E-state index contributed by atoms with van der Waals surface area (Å²) in [7, 11) is -3.52. The molecular weight excluding hydrogens is 438 g/mol. The number of rotatable bonds is 9. The van der Waals surface area contributed by atoms with Crippen LogP contribution in [0.5, 0.6) is 0 Å². The lowest BCUT2D eigenvalue weighted by Crippen LogP contribution is -2.39. The SMILES string of the molecule is CS(=O)(=O)c1cccc(C(CC(=O)O)NC(=O)CNC(=O)c2cccc(NC(=N)N)c2)c1. The molecule has 0 saturated heterocycles. The Labute approximate surface area is 184 Å². The molecule has 0 aliphatic heterocycles. The molecule has 2 rings (SSSR count). The number of amides is 2. The van der Waals surface area contributed by atoms with Crippen LogP contribution in [0.3, 0.4) is 0 Å². The Morgan fingerprint density at radius 1 is 1.12 bits per heavy atom. The molecule has 0 aliphatic rings. The van der Waals surface area contributed by atoms with E-state index in [0.717, 1.165) is 6.26 Å². The van der Waals surface area contributed by atoms with E-state index in [1.165, 1.54) is 36.4 Å². The molecule has 0 aromatic heterocycles. The molecule has 0 bridgehead atoms. The van der Waals surface area contributed by atoms with E-state index < -0.39 is 46.6 Å². The highest BCUT2D eigenvalue weighted by atomic mass is 32.2. The molecule has 2 aromatic rings. The topological polar surface area (TPSA) is 192 Å². The third-order valence-corrected chi connectivity index (χ3v) is 5.33. The first-order valence-corrected chi connectivity index (χ1v) is 11.2. The lowest BCUT2D eigenvalue weighted by Gasteiger charge is -2.18. The summed E-state index contributed by atoms with van der Waals surface area (Å²) in [5.41, 5.74) is 6.19. The molecule has 0 spiro atoms. The minimum absolute atomic E-state index is 0.00741. The van der Waals surface area contributed by atoms with Crippen molar-refractivity contribution >= 4 is 39.3 Å². The van der Waals surface area contributed by atoms with Crippen LogP contribution >= 0.6 is 0 Å². The van der Waals surface area contributed by atoms with Crippen molar-refractivity contribution in [1.29, 1.82) is 5.41 Å². The van der Waals surface area contributed by atoms with Crippen LogP contribution in [-0.2, 0) is 19.4 Å². The molecule has 0 radical (unpaired) electrons. The predicted octanol–water partition coefficient (Wildman–Crippen LogP) is 0.457. The maximum absolute atomic E-state index is 12.3. The van der Waals surface area contributed by atoms with Crippen molar-refractivity contribution in [2.75, 3.05) is 18.1 Å². The fourth-order valence-electron chi connectivity index (χ4n) is 2.79. The summed E-state index contributed by atoms with van der Waals surface area (Å²) in [5.74, 6) is -2.72. The van der Waals surface area contributed by atoms with Gasteiger partial charge in [0.1, 0.15) is 0 Å². The quantitative estimate of drug-likeness (QED) is 0.229. The number of nitrogens with one attached hydrogen (secondary N) is 4. The number of aliphatic carboxylic acids is 1. The number of anilines is 1. The highest BCUT2D eigenvalue weighted by Crippen LogP contribution is 2.20. The monoisotopic (exact) mass is 461 g/mol. The second kappa shape index (κ2) is 10.4. The lowest BCUT2D eigenvalue weighted by molar-refractivity contribution is -0.137. The van der Waals surface area contributed by atoms with Crippen LogP contribution in [0.2, 0.25) is 0 Å². The molecule has 0 aliphatic carbocycles. The minimum Gasteiger partial charge on any atom is -0.481 e. The zero-order valence-corrected chi connectivity index (χ0v) is 17.9. The Kier molecular flexibility index (Phi) is 7.91. The Balaban J connectivity index is 2.07. The molecule has 170 valence electrons. The van der Waals surface area contributed by atoms with E-state index in [9.17, 15) is 27.9 Å². The number of sulfone groups is 1. The van der Waals surface area contributed by atoms with Crippen molar-refractivity contribution < 1.29 is 27.9 Å². The van der Waals surface area contributed by atoms with Crippen LogP contribution in [0.25, 0.3) is 0 Å². The summed E-state index contributed by atoms with van der Waals surface area (Å²) >= 11 is 0. The van der Waals surface area contributed by atoms with E-state index in [4.69, 9.17) is 11.1 Å². The number of hydrogen-bond donors (Lipinski definition) is 6. The number of carbonyl (C=O) groups is 3. The van der Waals surface area contributed by atoms with E-state index in [1.807, 2.05) is 0 Å². The molecule has 7 N–H and O–H groups in total. The van der Waals surface area contributed by atoms with Crippen LogP contribution in [0.15, 0.2) is 53.4 Å². The standard InChI is InChI=1S/C20H23N5O6S/c1-32(30,31)15-7-3-4-12(9-15)16(10-18(27)28)25-17(26)11-23-19(29)13-5-2-6-14(8-13)24-20(21)22/h2-9,16H,10-11H2,1H3,(H,23,29)(H,25,26)(H,27,28)(H4,21,22,24). The number of carboxylic acid groups (broad SMARTS) is 1. The van der Waals surface area contributed by atoms with Gasteiger partial charge in [0.15, 0.2) is 15.8 Å². The van der Waals surface area contributed by atoms with E-state index >= 15 is 0 Å². The molecule has 12 heteroatoms. The molecule has 0 saturated carbocycles. The zero-order chi connectivity index (χ0) is 23.9. The number of benzene rings is 2. The van der Waals surface area contributed by atoms with Crippen molar-refractivity contribution in [3.05, 3.63) is 59.7 Å². The van der Waals surface area contributed by atoms with Gasteiger partial charge in [-0.15, -0.1) is 0 Å². The van der Waals surface area contributed by atoms with Crippen LogP contribution in [-0.4, -0.2) is 50.1 Å². The summed E-state index contributed by atoms with van der Waals surface area (Å²) in [5, 5.41) is 23.9. The largest absolute Gasteiger partial charge is 0.481 e. The minimum atomic E-state index is -3.52. The van der Waals surface area contributed by atoms with Crippen molar-refractivity contribution in [2.24, 2.45) is 5.73 Å². The number of carboxylic acids is 1. The van der Waals surface area contributed by atoms with Gasteiger partial charge >= 0.3 is 5.97 Å². The molecule has 0 heterocycles. The van der Waals surface area contributed by atoms with Crippen LogP contribution < -0.4 is 21.7 Å². The summed E-state index contributed by atoms with van der Waals surface area (Å²) in [6, 6.07) is 10.8. The summed E-state index contributed by atoms with van der Waals surface area (Å²) < 4.78 is 23.5. The van der Waals surface area contributed by atoms with E-state index in [2.05, 4.69) is 16.0 Å². The number of carbonyl (C=O) groups excluding carboxylic acids is 2. The number of nitrogens with two attached hydrogens (primary N) is 1. The molecule has 1 unspecified atom stereocenters. The Hall–Kier alpha value is -3.93. The maximum Gasteiger partial charge on any atom is 0.305 e. The molecule has 1 atom stereocenters. The van der Waals surface area contributed by atoms with Gasteiger partial charge in [-0.3, -0.25) is 19.8 Å². The van der Waals surface area contributed by atoms with Crippen molar-refractivity contribution in [2.45, 2.75) is 17.4 Å². The van der Waals surface area contributed by atoms with Gasteiger partial charge in [0.2, 0.25) is 5.91 Å². The van der Waals surface area contributed by atoms with Crippen LogP contribution in [0, 0.1) is 5.41 Å². The van der Waals surface area contributed by atoms with Gasteiger partial charge in [0.05, 0.1) is 23.9 Å². The first-order valence-electron chi connectivity index (χ1n) is 9.26. The number of guanidine groups is 1. The van der Waals surface area contributed by atoms with Gasteiger partial charge in [-0.2, -0.15) is 0 Å². The smallest absolute Gasteiger partial charge is 0.305 e. The Morgan fingerprint density at radius 3 is 2.44 bits per heavy atom. The predicted molar refractivity (Wildman–Crippen MR) is 117 cm³/mol. The third-order valence-electron chi connectivity index (χ3n) is 4.22. The summed E-state index contributed by atoms with van der Waals surface area (Å²) in [4.78, 5) is 35.9. The molecule has 2 aromatic carbocycles. The second-order valence-electron chi connectivity index (χ2n) is 6.86. The molecule has 32 heavy (non-hydrogen) atoms. The van der Waals surface area contributed by atoms with Crippen LogP contribution in [0.4, 0.5) is 5.69 Å². The van der Waals surface area contributed by atoms with E-state index in [-0.39, 0.29) is 16.4 Å². The van der Waals surface area contributed by atoms with Gasteiger partial charge in [-0.05, 0) is 35.9 Å². The first kappa shape index (κ1) is 24.3. The molecule has 2 amide bonds. The normalized spacial score (nSPS) is 11.8.